The molecule has 1 fully saturated rings. The smallest absolute Gasteiger partial charge is 0.177 e. The summed E-state index contributed by atoms with van der Waals surface area (Å²) in [4.78, 5) is 28.8. The molecule has 6 rings (SSSR count). The standard InChI is InChI=1S/C34H33N3O2S/c1-2-24-5-3-17-36(23-24)29-14-10-27(11-15-29)32(38)21-26-9-16-31-28(19-26)22-35-37(31)30-12-7-25(8-13-30)20-33(39)34-6-4-18-40-34/h4,6-16,18-19,22,24H,2-3,5,17,20-21,23H2,1H3. The number of rotatable bonds is 9. The van der Waals surface area contributed by atoms with Gasteiger partial charge in [0.25, 0.3) is 0 Å². The zero-order chi connectivity index (χ0) is 27.5. The molecule has 1 atom stereocenters. The van der Waals surface area contributed by atoms with Crippen molar-refractivity contribution in [3.63, 3.8) is 0 Å². The maximum absolute atomic E-state index is 13.1. The van der Waals surface area contributed by atoms with E-state index in [1.54, 1.807) is 0 Å². The fourth-order valence-corrected chi connectivity index (χ4v) is 6.31. The third-order valence-electron chi connectivity index (χ3n) is 7.99. The number of hydrogen-bond donors (Lipinski definition) is 0. The highest BCUT2D eigenvalue weighted by Crippen LogP contribution is 2.26. The Balaban J connectivity index is 1.11. The van der Waals surface area contributed by atoms with E-state index in [-0.39, 0.29) is 11.6 Å². The first-order chi connectivity index (χ1) is 19.6. The lowest BCUT2D eigenvalue weighted by atomic mass is 9.95. The minimum Gasteiger partial charge on any atom is -0.371 e. The summed E-state index contributed by atoms with van der Waals surface area (Å²) < 4.78 is 1.90. The molecule has 0 radical (unpaired) electrons. The molecule has 3 heterocycles. The van der Waals surface area contributed by atoms with E-state index in [1.807, 2.05) is 76.9 Å². The minimum absolute atomic E-state index is 0.121. The number of carbonyl (C=O) groups excluding carboxylic acids is 2. The van der Waals surface area contributed by atoms with Crippen molar-refractivity contribution in [3.8, 4) is 5.69 Å². The van der Waals surface area contributed by atoms with Crippen molar-refractivity contribution < 1.29 is 9.59 Å². The number of nitrogens with zero attached hydrogens (tertiary/aromatic N) is 3. The summed E-state index contributed by atoms with van der Waals surface area (Å²) in [5.74, 6) is 1.02. The highest BCUT2D eigenvalue weighted by atomic mass is 32.1. The zero-order valence-corrected chi connectivity index (χ0v) is 23.6. The molecule has 202 valence electrons. The van der Waals surface area contributed by atoms with Crippen molar-refractivity contribution in [2.24, 2.45) is 5.92 Å². The molecule has 0 aliphatic carbocycles. The van der Waals surface area contributed by atoms with Crippen LogP contribution in [0.15, 0.2) is 90.4 Å². The van der Waals surface area contributed by atoms with Crippen LogP contribution in [0.5, 0.6) is 0 Å². The number of piperidine rings is 1. The van der Waals surface area contributed by atoms with E-state index in [2.05, 4.69) is 35.1 Å². The van der Waals surface area contributed by atoms with Crippen LogP contribution in [0.4, 0.5) is 5.69 Å². The summed E-state index contributed by atoms with van der Waals surface area (Å²) >= 11 is 1.48. The Bertz CT molecular complexity index is 1620. The van der Waals surface area contributed by atoms with Crippen molar-refractivity contribution >= 4 is 39.5 Å². The second-order valence-electron chi connectivity index (χ2n) is 10.7. The Morgan fingerprint density at radius 2 is 1.65 bits per heavy atom. The maximum atomic E-state index is 13.1. The fourth-order valence-electron chi connectivity index (χ4n) is 5.64. The molecule has 2 aromatic heterocycles. The summed E-state index contributed by atoms with van der Waals surface area (Å²) in [5, 5.41) is 7.52. The first kappa shape index (κ1) is 26.2. The molecule has 1 saturated heterocycles. The quantitative estimate of drug-likeness (QED) is 0.179. The van der Waals surface area contributed by atoms with Crippen LogP contribution in [-0.2, 0) is 12.8 Å². The highest BCUT2D eigenvalue weighted by molar-refractivity contribution is 7.12. The number of anilines is 1. The number of thiophene rings is 1. The molecule has 1 unspecified atom stereocenters. The SMILES string of the molecule is CCC1CCCN(c2ccc(C(=O)Cc3ccc4c(cnn4-c4ccc(CC(=O)c5cccs5)cc4)c3)cc2)C1. The topological polar surface area (TPSA) is 55.2 Å². The molecule has 0 N–H and O–H groups in total. The average molecular weight is 548 g/mol. The van der Waals surface area contributed by atoms with Crippen LogP contribution in [0.25, 0.3) is 16.6 Å². The largest absolute Gasteiger partial charge is 0.371 e. The molecule has 0 bridgehead atoms. The van der Waals surface area contributed by atoms with Crippen molar-refractivity contribution in [2.75, 3.05) is 18.0 Å². The summed E-state index contributed by atoms with van der Waals surface area (Å²) in [6.45, 7) is 4.47. The van der Waals surface area contributed by atoms with Gasteiger partial charge >= 0.3 is 0 Å². The van der Waals surface area contributed by atoms with Gasteiger partial charge in [-0.05, 0) is 89.9 Å². The summed E-state index contributed by atoms with van der Waals surface area (Å²) in [5.41, 5.74) is 5.84. The summed E-state index contributed by atoms with van der Waals surface area (Å²) in [6.07, 6.45) is 6.36. The molecule has 0 spiro atoms. The molecular formula is C34H33N3O2S. The third kappa shape index (κ3) is 5.63. The monoisotopic (exact) mass is 547 g/mol. The van der Waals surface area contributed by atoms with Crippen molar-refractivity contribution in [1.82, 2.24) is 9.78 Å². The van der Waals surface area contributed by atoms with E-state index in [0.29, 0.717) is 12.8 Å². The average Bonchev–Trinajstić information content (AvgIpc) is 3.68. The van der Waals surface area contributed by atoms with Gasteiger partial charge < -0.3 is 4.90 Å². The first-order valence-corrected chi connectivity index (χ1v) is 15.0. The lowest BCUT2D eigenvalue weighted by Gasteiger charge is -2.34. The predicted octanol–water partition coefficient (Wildman–Crippen LogP) is 7.56. The number of hydrogen-bond acceptors (Lipinski definition) is 5. The van der Waals surface area contributed by atoms with E-state index < -0.39 is 0 Å². The normalized spacial score (nSPS) is 15.4. The number of fused-ring (bicyclic) bond motifs is 1. The van der Waals surface area contributed by atoms with Gasteiger partial charge in [-0.15, -0.1) is 11.3 Å². The van der Waals surface area contributed by atoms with Gasteiger partial charge in [-0.1, -0.05) is 37.6 Å². The zero-order valence-electron chi connectivity index (χ0n) is 22.8. The van der Waals surface area contributed by atoms with Gasteiger partial charge in [0.15, 0.2) is 11.6 Å². The van der Waals surface area contributed by atoms with Gasteiger partial charge in [-0.25, -0.2) is 4.68 Å². The van der Waals surface area contributed by atoms with Crippen molar-refractivity contribution in [2.45, 2.75) is 39.0 Å². The van der Waals surface area contributed by atoms with Crippen molar-refractivity contribution in [3.05, 3.63) is 112 Å². The molecule has 0 saturated carbocycles. The van der Waals surface area contributed by atoms with Crippen LogP contribution in [-0.4, -0.2) is 34.4 Å². The molecule has 6 heteroatoms. The van der Waals surface area contributed by atoms with E-state index in [9.17, 15) is 9.59 Å². The number of benzene rings is 3. The van der Waals surface area contributed by atoms with Crippen LogP contribution in [0.2, 0.25) is 0 Å². The van der Waals surface area contributed by atoms with E-state index >= 15 is 0 Å². The molecule has 1 aliphatic heterocycles. The Hall–Kier alpha value is -4.03. The number of ketones is 2. The van der Waals surface area contributed by atoms with Crippen LogP contribution in [0.1, 0.15) is 57.3 Å². The van der Waals surface area contributed by atoms with Gasteiger partial charge in [0.1, 0.15) is 0 Å². The van der Waals surface area contributed by atoms with Crippen LogP contribution in [0, 0.1) is 5.92 Å². The van der Waals surface area contributed by atoms with E-state index in [0.717, 1.165) is 57.2 Å². The molecule has 5 nitrogen and oxygen atoms in total. The second-order valence-corrected chi connectivity index (χ2v) is 11.7. The van der Waals surface area contributed by atoms with E-state index in [1.165, 1.54) is 36.3 Å². The number of carbonyl (C=O) groups is 2. The summed E-state index contributed by atoms with van der Waals surface area (Å²) in [7, 11) is 0. The van der Waals surface area contributed by atoms with Crippen LogP contribution >= 0.6 is 11.3 Å². The third-order valence-corrected chi connectivity index (χ3v) is 8.90. The Morgan fingerprint density at radius 3 is 2.40 bits per heavy atom. The lowest BCUT2D eigenvalue weighted by molar-refractivity contribution is 0.0986. The lowest BCUT2D eigenvalue weighted by Crippen LogP contribution is -2.35. The van der Waals surface area contributed by atoms with Crippen LogP contribution in [0.3, 0.4) is 0 Å². The number of aromatic nitrogens is 2. The number of Topliss-reactive ketones (excluding diaryl/α,β-unsaturated/α-hetero) is 2. The molecule has 0 amide bonds. The van der Waals surface area contributed by atoms with Gasteiger partial charge in [-0.2, -0.15) is 5.10 Å². The van der Waals surface area contributed by atoms with Crippen molar-refractivity contribution in [1.29, 1.82) is 0 Å². The van der Waals surface area contributed by atoms with Gasteiger partial charge in [0.2, 0.25) is 0 Å². The molecule has 3 aromatic carbocycles. The molecule has 1 aliphatic rings. The van der Waals surface area contributed by atoms with Gasteiger partial charge in [-0.3, -0.25) is 9.59 Å². The van der Waals surface area contributed by atoms with Crippen LogP contribution < -0.4 is 4.90 Å². The Morgan fingerprint density at radius 1 is 0.900 bits per heavy atom. The van der Waals surface area contributed by atoms with Gasteiger partial charge in [0.05, 0.1) is 22.3 Å². The molecule has 5 aromatic rings. The van der Waals surface area contributed by atoms with E-state index in [4.69, 9.17) is 0 Å². The summed E-state index contributed by atoms with van der Waals surface area (Å²) in [6, 6.07) is 26.0. The second kappa shape index (κ2) is 11.6. The molecular weight excluding hydrogens is 514 g/mol. The predicted molar refractivity (Wildman–Crippen MR) is 163 cm³/mol. The minimum atomic E-state index is 0.121. The maximum Gasteiger partial charge on any atom is 0.177 e. The Labute approximate surface area is 239 Å². The van der Waals surface area contributed by atoms with Gasteiger partial charge in [0, 0.05) is 42.6 Å². The Kier molecular flexibility index (Phi) is 7.60. The fraction of sp³-hybridized carbons (Fsp3) is 0.265. The first-order valence-electron chi connectivity index (χ1n) is 14.1. The molecule has 40 heavy (non-hydrogen) atoms. The highest BCUT2D eigenvalue weighted by Gasteiger charge is 2.19.